The second kappa shape index (κ2) is 5.80. The van der Waals surface area contributed by atoms with E-state index in [0.29, 0.717) is 11.1 Å². The van der Waals surface area contributed by atoms with E-state index in [4.69, 9.17) is 0 Å². The molecule has 2 aliphatic rings. The molecule has 0 aliphatic carbocycles. The van der Waals surface area contributed by atoms with E-state index < -0.39 is 0 Å². The van der Waals surface area contributed by atoms with Gasteiger partial charge in [0.25, 0.3) is 5.91 Å². The number of benzene rings is 1. The fourth-order valence-electron chi connectivity index (χ4n) is 4.35. The number of nitrogens with zero attached hydrogens (tertiary/aromatic N) is 4. The fourth-order valence-corrected chi connectivity index (χ4v) is 4.35. The number of hydrogen-bond acceptors (Lipinski definition) is 3. The minimum atomic E-state index is 0.0759. The Morgan fingerprint density at radius 1 is 1.12 bits per heavy atom. The Hall–Kier alpha value is -2.95. The molecule has 2 aromatic heterocycles. The first kappa shape index (κ1) is 15.3. The highest BCUT2D eigenvalue weighted by Crippen LogP contribution is 2.39. The van der Waals surface area contributed by atoms with Crippen LogP contribution in [0.5, 0.6) is 0 Å². The zero-order valence-electron chi connectivity index (χ0n) is 14.7. The zero-order valence-corrected chi connectivity index (χ0v) is 14.7. The van der Waals surface area contributed by atoms with Gasteiger partial charge in [-0.05, 0) is 36.5 Å². The van der Waals surface area contributed by atoms with E-state index in [9.17, 15) is 4.79 Å². The molecule has 26 heavy (non-hydrogen) atoms. The number of carbonyl (C=O) groups excluding carboxylic acids is 1. The van der Waals surface area contributed by atoms with Crippen molar-refractivity contribution in [3.05, 3.63) is 66.1 Å². The Kier molecular flexibility index (Phi) is 3.42. The number of imidazole rings is 1. The molecule has 5 rings (SSSR count). The highest BCUT2D eigenvalue weighted by molar-refractivity contribution is 6.04. The average molecular weight is 344 g/mol. The van der Waals surface area contributed by atoms with Crippen LogP contribution in [-0.4, -0.2) is 37.4 Å². The normalized spacial score (nSPS) is 21.9. The van der Waals surface area contributed by atoms with Gasteiger partial charge in [0.05, 0.1) is 17.9 Å². The Balaban J connectivity index is 1.51. The topological polar surface area (TPSA) is 51.0 Å². The van der Waals surface area contributed by atoms with Crippen LogP contribution in [0.4, 0.5) is 0 Å². The van der Waals surface area contributed by atoms with Crippen molar-refractivity contribution in [1.29, 1.82) is 0 Å². The van der Waals surface area contributed by atoms with E-state index in [1.807, 2.05) is 17.7 Å². The Morgan fingerprint density at radius 2 is 1.96 bits per heavy atom. The van der Waals surface area contributed by atoms with Gasteiger partial charge in [-0.1, -0.05) is 36.4 Å². The molecule has 0 radical (unpaired) electrons. The molecular weight excluding hydrogens is 324 g/mol. The van der Waals surface area contributed by atoms with Gasteiger partial charge in [-0.15, -0.1) is 0 Å². The van der Waals surface area contributed by atoms with Crippen LogP contribution in [0.1, 0.15) is 35.2 Å². The summed E-state index contributed by atoms with van der Waals surface area (Å²) in [4.78, 5) is 24.2. The predicted octanol–water partition coefficient (Wildman–Crippen LogP) is 3.43. The molecular formula is C21H20N4O. The van der Waals surface area contributed by atoms with Gasteiger partial charge >= 0.3 is 0 Å². The molecule has 130 valence electrons. The molecule has 2 unspecified atom stereocenters. The molecule has 1 saturated heterocycles. The maximum absolute atomic E-state index is 13.3. The number of aromatic nitrogens is 3. The summed E-state index contributed by atoms with van der Waals surface area (Å²) < 4.78 is 1.85. The monoisotopic (exact) mass is 344 g/mol. The molecule has 1 amide bonds. The molecule has 5 nitrogen and oxygen atoms in total. The Labute approximate surface area is 152 Å². The smallest absolute Gasteiger partial charge is 0.257 e. The summed E-state index contributed by atoms with van der Waals surface area (Å²) >= 11 is 0. The molecule has 3 aromatic rings. The average Bonchev–Trinajstić information content (AvgIpc) is 3.18. The fraction of sp³-hybridized carbons (Fsp3) is 0.286. The number of rotatable bonds is 2. The van der Waals surface area contributed by atoms with Crippen LogP contribution in [0.2, 0.25) is 0 Å². The van der Waals surface area contributed by atoms with Crippen LogP contribution >= 0.6 is 0 Å². The third kappa shape index (κ3) is 2.27. The number of fused-ring (bicyclic) bond motifs is 3. The van der Waals surface area contributed by atoms with Crippen LogP contribution in [0.25, 0.3) is 16.7 Å². The largest absolute Gasteiger partial charge is 0.329 e. The standard InChI is InChI=1S/C21H20N4O/c1-24-13-23-19-18(9-10-22-20(19)24)21(26)25-16-7-8-17(25)12-15(11-16)14-5-3-2-4-6-14/h2-6,9-11,13,16-17H,7-8,12H2,1H3. The quantitative estimate of drug-likeness (QED) is 0.716. The van der Waals surface area contributed by atoms with E-state index in [1.54, 1.807) is 18.6 Å². The summed E-state index contributed by atoms with van der Waals surface area (Å²) in [6.45, 7) is 0. The van der Waals surface area contributed by atoms with Gasteiger partial charge in [0.2, 0.25) is 0 Å². The maximum Gasteiger partial charge on any atom is 0.257 e. The lowest BCUT2D eigenvalue weighted by Gasteiger charge is -2.34. The molecule has 2 atom stereocenters. The number of amides is 1. The molecule has 1 aromatic carbocycles. The summed E-state index contributed by atoms with van der Waals surface area (Å²) in [5.41, 5.74) is 4.73. The van der Waals surface area contributed by atoms with Crippen LogP contribution in [-0.2, 0) is 7.05 Å². The van der Waals surface area contributed by atoms with Crippen molar-refractivity contribution in [3.63, 3.8) is 0 Å². The first-order valence-electron chi connectivity index (χ1n) is 9.07. The molecule has 1 fully saturated rings. The van der Waals surface area contributed by atoms with Gasteiger partial charge in [0.1, 0.15) is 5.52 Å². The van der Waals surface area contributed by atoms with E-state index in [-0.39, 0.29) is 18.0 Å². The molecule has 4 heterocycles. The summed E-state index contributed by atoms with van der Waals surface area (Å²) in [6.07, 6.45) is 8.71. The van der Waals surface area contributed by atoms with Gasteiger partial charge in [0, 0.05) is 19.3 Å². The van der Waals surface area contributed by atoms with E-state index in [1.165, 1.54) is 11.1 Å². The summed E-state index contributed by atoms with van der Waals surface area (Å²) in [7, 11) is 1.90. The summed E-state index contributed by atoms with van der Waals surface area (Å²) in [5, 5.41) is 0. The van der Waals surface area contributed by atoms with Crippen molar-refractivity contribution >= 4 is 22.6 Å². The molecule has 0 spiro atoms. The minimum Gasteiger partial charge on any atom is -0.329 e. The predicted molar refractivity (Wildman–Crippen MR) is 101 cm³/mol. The van der Waals surface area contributed by atoms with E-state index in [2.05, 4.69) is 45.2 Å². The first-order chi connectivity index (χ1) is 12.7. The van der Waals surface area contributed by atoms with Gasteiger partial charge < -0.3 is 9.47 Å². The maximum atomic E-state index is 13.3. The SMILES string of the molecule is Cn1cnc2c(C(=O)N3C4C=C(c5ccccc5)CC3CC4)ccnc21. The van der Waals surface area contributed by atoms with Gasteiger partial charge in [-0.25, -0.2) is 9.97 Å². The lowest BCUT2D eigenvalue weighted by Crippen LogP contribution is -2.43. The molecule has 5 heteroatoms. The van der Waals surface area contributed by atoms with Crippen molar-refractivity contribution < 1.29 is 4.79 Å². The minimum absolute atomic E-state index is 0.0759. The number of carbonyl (C=O) groups is 1. The van der Waals surface area contributed by atoms with Crippen molar-refractivity contribution in [1.82, 2.24) is 19.4 Å². The van der Waals surface area contributed by atoms with E-state index >= 15 is 0 Å². The molecule has 0 saturated carbocycles. The Morgan fingerprint density at radius 3 is 2.77 bits per heavy atom. The van der Waals surface area contributed by atoms with Crippen LogP contribution in [0, 0.1) is 0 Å². The zero-order chi connectivity index (χ0) is 17.7. The van der Waals surface area contributed by atoms with Crippen LogP contribution < -0.4 is 0 Å². The van der Waals surface area contributed by atoms with Gasteiger partial charge in [-0.2, -0.15) is 0 Å². The van der Waals surface area contributed by atoms with Crippen LogP contribution in [0.3, 0.4) is 0 Å². The van der Waals surface area contributed by atoms with Gasteiger partial charge in [0.15, 0.2) is 5.65 Å². The second-order valence-electron chi connectivity index (χ2n) is 7.16. The van der Waals surface area contributed by atoms with Gasteiger partial charge in [-0.3, -0.25) is 4.79 Å². The van der Waals surface area contributed by atoms with Crippen molar-refractivity contribution in [2.45, 2.75) is 31.3 Å². The summed E-state index contributed by atoms with van der Waals surface area (Å²) in [6, 6.07) is 12.7. The number of hydrogen-bond donors (Lipinski definition) is 0. The third-order valence-corrected chi connectivity index (χ3v) is 5.60. The lowest BCUT2D eigenvalue weighted by atomic mass is 9.94. The third-order valence-electron chi connectivity index (χ3n) is 5.60. The highest BCUT2D eigenvalue weighted by Gasteiger charge is 2.40. The van der Waals surface area contributed by atoms with Crippen molar-refractivity contribution in [3.8, 4) is 0 Å². The first-order valence-corrected chi connectivity index (χ1v) is 9.07. The Bertz CT molecular complexity index is 1020. The molecule has 2 aliphatic heterocycles. The molecule has 2 bridgehead atoms. The summed E-state index contributed by atoms with van der Waals surface area (Å²) in [5.74, 6) is 0.0759. The van der Waals surface area contributed by atoms with Crippen molar-refractivity contribution in [2.75, 3.05) is 0 Å². The number of pyridine rings is 1. The van der Waals surface area contributed by atoms with Crippen molar-refractivity contribution in [2.24, 2.45) is 7.05 Å². The molecule has 0 N–H and O–H groups in total. The van der Waals surface area contributed by atoms with E-state index in [0.717, 1.165) is 24.9 Å². The lowest BCUT2D eigenvalue weighted by molar-refractivity contribution is 0.0694. The second-order valence-corrected chi connectivity index (χ2v) is 7.16. The van der Waals surface area contributed by atoms with Crippen LogP contribution in [0.15, 0.2) is 55.0 Å². The highest BCUT2D eigenvalue weighted by atomic mass is 16.2. The number of aryl methyl sites for hydroxylation is 1.